The number of rotatable bonds is 1. The van der Waals surface area contributed by atoms with Gasteiger partial charge in [-0.05, 0) is 30.3 Å². The summed E-state index contributed by atoms with van der Waals surface area (Å²) in [6, 6.07) is 11.5. The first-order chi connectivity index (χ1) is 9.83. The summed E-state index contributed by atoms with van der Waals surface area (Å²) in [4.78, 5) is 4.61. The highest BCUT2D eigenvalue weighted by Crippen LogP contribution is 2.44. The summed E-state index contributed by atoms with van der Waals surface area (Å²) in [5.41, 5.74) is 2.60. The van der Waals surface area contributed by atoms with Gasteiger partial charge in [-0.3, -0.25) is 0 Å². The molecule has 2 aromatic carbocycles. The van der Waals surface area contributed by atoms with E-state index >= 15 is 0 Å². The van der Waals surface area contributed by atoms with Crippen molar-refractivity contribution in [2.75, 3.05) is 6.61 Å². The number of hydrogen-bond acceptors (Lipinski definition) is 4. The van der Waals surface area contributed by atoms with Gasteiger partial charge in [-0.15, -0.1) is 11.3 Å². The van der Waals surface area contributed by atoms with E-state index < -0.39 is 0 Å². The molecule has 0 fully saturated rings. The van der Waals surface area contributed by atoms with Gasteiger partial charge in [0.2, 0.25) is 0 Å². The van der Waals surface area contributed by atoms with E-state index in [1.54, 1.807) is 17.4 Å². The molecule has 1 aliphatic rings. The zero-order valence-corrected chi connectivity index (χ0v) is 11.4. The van der Waals surface area contributed by atoms with Gasteiger partial charge < -0.3 is 9.84 Å². The van der Waals surface area contributed by atoms with Gasteiger partial charge >= 0.3 is 0 Å². The van der Waals surface area contributed by atoms with Crippen LogP contribution >= 0.6 is 11.3 Å². The third kappa shape index (κ3) is 1.69. The Balaban J connectivity index is 1.99. The van der Waals surface area contributed by atoms with E-state index in [4.69, 9.17) is 4.74 Å². The average molecular weight is 281 g/mol. The lowest BCUT2D eigenvalue weighted by molar-refractivity contribution is 0.357. The minimum atomic E-state index is 0.207. The van der Waals surface area contributed by atoms with E-state index in [-0.39, 0.29) is 5.75 Å². The number of thiazole rings is 1. The lowest BCUT2D eigenvalue weighted by Crippen LogP contribution is -2.02. The maximum Gasteiger partial charge on any atom is 0.140 e. The van der Waals surface area contributed by atoms with Crippen LogP contribution in [0.2, 0.25) is 0 Å². The smallest absolute Gasteiger partial charge is 0.140 e. The van der Waals surface area contributed by atoms with Crippen LogP contribution < -0.4 is 4.74 Å². The molecule has 0 saturated heterocycles. The maximum atomic E-state index is 10.2. The first-order valence-corrected chi connectivity index (χ1v) is 7.16. The van der Waals surface area contributed by atoms with E-state index in [9.17, 15) is 5.11 Å². The van der Waals surface area contributed by atoms with Crippen LogP contribution in [0.1, 0.15) is 5.56 Å². The van der Waals surface area contributed by atoms with Gasteiger partial charge in [0.15, 0.2) is 0 Å². The number of ether oxygens (including phenoxy) is 1. The molecule has 0 atom stereocenters. The molecule has 3 nitrogen and oxygen atoms in total. The van der Waals surface area contributed by atoms with Crippen molar-refractivity contribution >= 4 is 27.6 Å². The summed E-state index contributed by atoms with van der Waals surface area (Å²) >= 11 is 1.56. The second kappa shape index (κ2) is 4.35. The number of hydrogen-bond donors (Lipinski definition) is 1. The fraction of sp³-hybridized carbons (Fsp3) is 0.0625. The van der Waals surface area contributed by atoms with Crippen molar-refractivity contribution in [2.24, 2.45) is 0 Å². The molecular formula is C16H11NO2S. The van der Waals surface area contributed by atoms with Gasteiger partial charge in [0, 0.05) is 5.56 Å². The van der Waals surface area contributed by atoms with E-state index in [2.05, 4.69) is 4.98 Å². The first-order valence-electron chi connectivity index (χ1n) is 6.34. The highest BCUT2D eigenvalue weighted by atomic mass is 32.1. The van der Waals surface area contributed by atoms with Crippen LogP contribution in [0.25, 0.3) is 26.9 Å². The highest BCUT2D eigenvalue weighted by molar-refractivity contribution is 7.21. The van der Waals surface area contributed by atoms with Crippen LogP contribution in [-0.2, 0) is 0 Å². The minimum absolute atomic E-state index is 0.207. The Bertz CT molecular complexity index is 803. The molecule has 98 valence electrons. The highest BCUT2D eigenvalue weighted by Gasteiger charge is 2.20. The molecule has 0 radical (unpaired) electrons. The van der Waals surface area contributed by atoms with Gasteiger partial charge in [-0.2, -0.15) is 0 Å². The lowest BCUT2D eigenvalue weighted by Gasteiger charge is -2.16. The van der Waals surface area contributed by atoms with Crippen molar-refractivity contribution in [3.05, 3.63) is 48.0 Å². The van der Waals surface area contributed by atoms with Gasteiger partial charge in [-0.1, -0.05) is 18.2 Å². The summed E-state index contributed by atoms with van der Waals surface area (Å²) in [6.45, 7) is 0.522. The normalized spacial score (nSPS) is 13.2. The number of aromatic nitrogens is 1. The molecule has 1 aromatic heterocycles. The second-order valence-corrected chi connectivity index (χ2v) is 5.61. The Morgan fingerprint density at radius 1 is 1.15 bits per heavy atom. The van der Waals surface area contributed by atoms with Crippen LogP contribution in [0.5, 0.6) is 11.5 Å². The molecule has 1 N–H and O–H groups in total. The Labute approximate surface area is 119 Å². The second-order valence-electron chi connectivity index (χ2n) is 4.58. The lowest BCUT2D eigenvalue weighted by atomic mass is 10.1. The van der Waals surface area contributed by atoms with Gasteiger partial charge in [0.1, 0.15) is 23.1 Å². The van der Waals surface area contributed by atoms with Crippen LogP contribution in [0.3, 0.4) is 0 Å². The standard InChI is InChI=1S/C16H11NO2S/c18-12-8-7-10-4-3-9-19-15(10)14(12)16-17-11-5-1-2-6-13(11)20-16/h1-8,18H,9H2. The number of fused-ring (bicyclic) bond motifs is 2. The van der Waals surface area contributed by atoms with Crippen molar-refractivity contribution < 1.29 is 9.84 Å². The summed E-state index contributed by atoms with van der Waals surface area (Å²) in [5.74, 6) is 0.921. The average Bonchev–Trinajstić information content (AvgIpc) is 2.90. The van der Waals surface area contributed by atoms with E-state index in [1.165, 1.54) is 0 Å². The third-order valence-electron chi connectivity index (χ3n) is 3.30. The molecule has 0 bridgehead atoms. The summed E-state index contributed by atoms with van der Waals surface area (Å²) in [6.07, 6.45) is 3.97. The summed E-state index contributed by atoms with van der Waals surface area (Å²) in [7, 11) is 0. The third-order valence-corrected chi connectivity index (χ3v) is 4.35. The predicted molar refractivity (Wildman–Crippen MR) is 81.2 cm³/mol. The van der Waals surface area contributed by atoms with Crippen molar-refractivity contribution in [3.8, 4) is 22.1 Å². The van der Waals surface area contributed by atoms with E-state index in [0.717, 1.165) is 20.8 Å². The molecule has 0 amide bonds. The number of nitrogens with zero attached hydrogens (tertiary/aromatic N) is 1. The molecule has 3 aromatic rings. The van der Waals surface area contributed by atoms with Crippen LogP contribution in [0.4, 0.5) is 0 Å². The van der Waals surface area contributed by atoms with Crippen LogP contribution in [0, 0.1) is 0 Å². The largest absolute Gasteiger partial charge is 0.507 e. The molecule has 0 unspecified atom stereocenters. The van der Waals surface area contributed by atoms with Crippen molar-refractivity contribution in [2.45, 2.75) is 0 Å². The Kier molecular flexibility index (Phi) is 2.50. The SMILES string of the molecule is Oc1ccc2c(c1-c1nc3ccccc3s1)OCC=C2. The van der Waals surface area contributed by atoms with Gasteiger partial charge in [-0.25, -0.2) is 4.98 Å². The first kappa shape index (κ1) is 11.5. The Morgan fingerprint density at radius 2 is 2.05 bits per heavy atom. The quantitative estimate of drug-likeness (QED) is 0.731. The monoisotopic (exact) mass is 281 g/mol. The maximum absolute atomic E-state index is 10.2. The number of phenols is 1. The molecule has 0 saturated carbocycles. The molecule has 4 heteroatoms. The van der Waals surface area contributed by atoms with Crippen LogP contribution in [0.15, 0.2) is 42.5 Å². The van der Waals surface area contributed by atoms with E-state index in [0.29, 0.717) is 17.9 Å². The molecule has 20 heavy (non-hydrogen) atoms. The fourth-order valence-electron chi connectivity index (χ4n) is 2.37. The van der Waals surface area contributed by atoms with E-state index in [1.807, 2.05) is 42.5 Å². The molecule has 1 aliphatic heterocycles. The van der Waals surface area contributed by atoms with Crippen molar-refractivity contribution in [1.82, 2.24) is 4.98 Å². The summed E-state index contributed by atoms with van der Waals surface area (Å²) < 4.78 is 6.81. The fourth-order valence-corrected chi connectivity index (χ4v) is 3.38. The molecule has 0 aliphatic carbocycles. The zero-order valence-electron chi connectivity index (χ0n) is 10.5. The molecule has 4 rings (SSSR count). The molecule has 2 heterocycles. The van der Waals surface area contributed by atoms with Crippen LogP contribution in [-0.4, -0.2) is 16.7 Å². The number of phenolic OH excluding ortho intramolecular Hbond substituents is 1. The zero-order chi connectivity index (χ0) is 13.5. The molecular weight excluding hydrogens is 270 g/mol. The number of para-hydroxylation sites is 1. The van der Waals surface area contributed by atoms with Crippen molar-refractivity contribution in [1.29, 1.82) is 0 Å². The summed E-state index contributed by atoms with van der Waals surface area (Å²) in [5, 5.41) is 11.0. The Morgan fingerprint density at radius 3 is 2.95 bits per heavy atom. The topological polar surface area (TPSA) is 42.4 Å². The molecule has 0 spiro atoms. The minimum Gasteiger partial charge on any atom is -0.507 e. The van der Waals surface area contributed by atoms with Crippen molar-refractivity contribution in [3.63, 3.8) is 0 Å². The van der Waals surface area contributed by atoms with Gasteiger partial charge in [0.25, 0.3) is 0 Å². The number of aromatic hydroxyl groups is 1. The Hall–Kier alpha value is -2.33. The predicted octanol–water partition coefficient (Wildman–Crippen LogP) is 4.07. The van der Waals surface area contributed by atoms with Gasteiger partial charge in [0.05, 0.1) is 15.8 Å². The number of benzene rings is 2.